The Morgan fingerprint density at radius 1 is 1.05 bits per heavy atom. The van der Waals surface area contributed by atoms with E-state index in [2.05, 4.69) is 17.2 Å². The van der Waals surface area contributed by atoms with E-state index in [-0.39, 0.29) is 5.56 Å². The summed E-state index contributed by atoms with van der Waals surface area (Å²) in [5, 5.41) is 17.1. The molecule has 96 valence electrons. The van der Waals surface area contributed by atoms with Gasteiger partial charge in [0, 0.05) is 0 Å². The van der Waals surface area contributed by atoms with Crippen LogP contribution in [0.1, 0.15) is 22.8 Å². The van der Waals surface area contributed by atoms with Gasteiger partial charge in [-0.2, -0.15) is 10.2 Å². The van der Waals surface area contributed by atoms with E-state index in [4.69, 9.17) is 5.11 Å². The third kappa shape index (κ3) is 3.48. The predicted molar refractivity (Wildman–Crippen MR) is 73.4 cm³/mol. The lowest BCUT2D eigenvalue weighted by Crippen LogP contribution is -1.94. The summed E-state index contributed by atoms with van der Waals surface area (Å²) in [5.41, 5.74) is 2.69. The summed E-state index contributed by atoms with van der Waals surface area (Å²) in [6.07, 6.45) is 0.942. The molecule has 0 aromatic heterocycles. The number of carboxylic acid groups (broad SMARTS) is 1. The molecule has 0 spiro atoms. The van der Waals surface area contributed by atoms with E-state index in [0.29, 0.717) is 5.69 Å². The molecular weight excluding hydrogens is 240 g/mol. The zero-order valence-electron chi connectivity index (χ0n) is 10.6. The highest BCUT2D eigenvalue weighted by atomic mass is 16.4. The van der Waals surface area contributed by atoms with Crippen molar-refractivity contribution >= 4 is 17.3 Å². The van der Waals surface area contributed by atoms with Crippen molar-refractivity contribution in [2.24, 2.45) is 10.2 Å². The molecule has 2 rings (SSSR count). The minimum atomic E-state index is -0.968. The molecule has 0 bridgehead atoms. The van der Waals surface area contributed by atoms with Crippen LogP contribution in [0.25, 0.3) is 0 Å². The fourth-order valence-corrected chi connectivity index (χ4v) is 1.66. The summed E-state index contributed by atoms with van der Waals surface area (Å²) in [6, 6.07) is 14.2. The monoisotopic (exact) mass is 254 g/mol. The maximum absolute atomic E-state index is 10.8. The Labute approximate surface area is 111 Å². The first-order valence-corrected chi connectivity index (χ1v) is 6.03. The Kier molecular flexibility index (Phi) is 4.03. The van der Waals surface area contributed by atoms with Crippen molar-refractivity contribution < 1.29 is 9.90 Å². The number of carbonyl (C=O) groups is 1. The van der Waals surface area contributed by atoms with E-state index in [1.165, 1.54) is 17.7 Å². The van der Waals surface area contributed by atoms with Crippen LogP contribution in [-0.4, -0.2) is 11.1 Å². The molecule has 0 atom stereocenters. The van der Waals surface area contributed by atoms with Crippen LogP contribution in [0.5, 0.6) is 0 Å². The molecule has 0 unspecified atom stereocenters. The van der Waals surface area contributed by atoms with Crippen molar-refractivity contribution in [2.75, 3.05) is 0 Å². The number of nitrogens with zero attached hydrogens (tertiary/aromatic N) is 2. The molecular formula is C15H14N2O2. The van der Waals surface area contributed by atoms with Crippen LogP contribution >= 0.6 is 0 Å². The second-order valence-corrected chi connectivity index (χ2v) is 4.08. The molecule has 0 radical (unpaired) electrons. The third-order valence-electron chi connectivity index (χ3n) is 2.69. The number of aryl methyl sites for hydroxylation is 1. The molecule has 1 N–H and O–H groups in total. The minimum absolute atomic E-state index is 0.207. The summed E-state index contributed by atoms with van der Waals surface area (Å²) >= 11 is 0. The first-order chi connectivity index (χ1) is 9.19. The van der Waals surface area contributed by atoms with Gasteiger partial charge < -0.3 is 5.11 Å². The molecule has 4 heteroatoms. The van der Waals surface area contributed by atoms with Crippen molar-refractivity contribution in [1.29, 1.82) is 0 Å². The van der Waals surface area contributed by atoms with E-state index in [1.807, 2.05) is 24.3 Å². The third-order valence-corrected chi connectivity index (χ3v) is 2.69. The predicted octanol–water partition coefficient (Wildman–Crippen LogP) is 4.36. The van der Waals surface area contributed by atoms with Gasteiger partial charge in [-0.05, 0) is 42.3 Å². The Morgan fingerprint density at radius 2 is 1.68 bits per heavy atom. The molecule has 0 fully saturated rings. The number of hydrogen-bond acceptors (Lipinski definition) is 3. The van der Waals surface area contributed by atoms with Gasteiger partial charge in [0.2, 0.25) is 0 Å². The van der Waals surface area contributed by atoms with Crippen LogP contribution in [-0.2, 0) is 6.42 Å². The lowest BCUT2D eigenvalue weighted by molar-refractivity contribution is 0.0697. The van der Waals surface area contributed by atoms with Gasteiger partial charge >= 0.3 is 5.97 Å². The molecule has 4 nitrogen and oxygen atoms in total. The quantitative estimate of drug-likeness (QED) is 0.824. The van der Waals surface area contributed by atoms with Gasteiger partial charge in [-0.1, -0.05) is 25.1 Å². The maximum Gasteiger partial charge on any atom is 0.335 e. The first-order valence-electron chi connectivity index (χ1n) is 6.03. The maximum atomic E-state index is 10.8. The Hall–Kier alpha value is -2.49. The van der Waals surface area contributed by atoms with E-state index in [0.717, 1.165) is 12.1 Å². The van der Waals surface area contributed by atoms with E-state index >= 15 is 0 Å². The topological polar surface area (TPSA) is 62.0 Å². The number of hydrogen-bond donors (Lipinski definition) is 1. The first kappa shape index (κ1) is 13.0. The largest absolute Gasteiger partial charge is 0.478 e. The average molecular weight is 254 g/mol. The van der Waals surface area contributed by atoms with Gasteiger partial charge in [0.25, 0.3) is 0 Å². The van der Waals surface area contributed by atoms with Gasteiger partial charge in [0.05, 0.1) is 16.9 Å². The highest BCUT2D eigenvalue weighted by molar-refractivity contribution is 5.88. The number of carboxylic acids is 1. The summed E-state index contributed by atoms with van der Waals surface area (Å²) in [5.74, 6) is -0.968. The van der Waals surface area contributed by atoms with Gasteiger partial charge in [-0.25, -0.2) is 4.79 Å². The fraction of sp³-hybridized carbons (Fsp3) is 0.133. The second-order valence-electron chi connectivity index (χ2n) is 4.08. The van der Waals surface area contributed by atoms with Gasteiger partial charge in [0.15, 0.2) is 0 Å². The van der Waals surface area contributed by atoms with Crippen molar-refractivity contribution in [3.8, 4) is 0 Å². The standard InChI is InChI=1S/C15H14N2O2/c1-2-11-5-3-7-13(9-11)16-17-14-8-4-6-12(10-14)15(18)19/h3-10H,2H2,1H3,(H,18,19)/b17-16+. The molecule has 2 aromatic carbocycles. The van der Waals surface area contributed by atoms with Gasteiger partial charge in [0.1, 0.15) is 0 Å². The molecule has 0 aliphatic carbocycles. The summed E-state index contributed by atoms with van der Waals surface area (Å²) in [4.78, 5) is 10.8. The van der Waals surface area contributed by atoms with E-state index < -0.39 is 5.97 Å². The zero-order valence-corrected chi connectivity index (χ0v) is 10.6. The number of benzene rings is 2. The van der Waals surface area contributed by atoms with Crippen LogP contribution in [0.4, 0.5) is 11.4 Å². The molecule has 0 amide bonds. The smallest absolute Gasteiger partial charge is 0.335 e. The molecule has 0 heterocycles. The molecule has 19 heavy (non-hydrogen) atoms. The summed E-state index contributed by atoms with van der Waals surface area (Å²) < 4.78 is 0. The van der Waals surface area contributed by atoms with E-state index in [1.54, 1.807) is 12.1 Å². The van der Waals surface area contributed by atoms with Gasteiger partial charge in [-0.15, -0.1) is 0 Å². The number of azo groups is 1. The molecule has 0 aliphatic rings. The van der Waals surface area contributed by atoms with Crippen LogP contribution in [0.3, 0.4) is 0 Å². The fourth-order valence-electron chi connectivity index (χ4n) is 1.66. The molecule has 0 saturated carbocycles. The Bertz CT molecular complexity index is 621. The minimum Gasteiger partial charge on any atom is -0.478 e. The lowest BCUT2D eigenvalue weighted by atomic mass is 10.1. The normalized spacial score (nSPS) is 10.8. The van der Waals surface area contributed by atoms with Crippen molar-refractivity contribution in [1.82, 2.24) is 0 Å². The molecule has 0 saturated heterocycles. The summed E-state index contributed by atoms with van der Waals surface area (Å²) in [7, 11) is 0. The van der Waals surface area contributed by atoms with E-state index in [9.17, 15) is 4.79 Å². The summed E-state index contributed by atoms with van der Waals surface area (Å²) in [6.45, 7) is 2.08. The average Bonchev–Trinajstić information content (AvgIpc) is 2.45. The highest BCUT2D eigenvalue weighted by Gasteiger charge is 2.02. The van der Waals surface area contributed by atoms with Crippen molar-refractivity contribution in [3.63, 3.8) is 0 Å². The molecule has 2 aromatic rings. The second kappa shape index (κ2) is 5.91. The van der Waals surface area contributed by atoms with Crippen LogP contribution < -0.4 is 0 Å². The number of aromatic carboxylic acids is 1. The van der Waals surface area contributed by atoms with Crippen LogP contribution in [0.2, 0.25) is 0 Å². The SMILES string of the molecule is CCc1cccc(/N=N/c2cccc(C(=O)O)c2)c1. The van der Waals surface area contributed by atoms with Crippen LogP contribution in [0.15, 0.2) is 58.8 Å². The number of rotatable bonds is 4. The van der Waals surface area contributed by atoms with Crippen molar-refractivity contribution in [3.05, 3.63) is 59.7 Å². The van der Waals surface area contributed by atoms with Crippen LogP contribution in [0, 0.1) is 0 Å². The molecule has 0 aliphatic heterocycles. The van der Waals surface area contributed by atoms with Gasteiger partial charge in [-0.3, -0.25) is 0 Å². The van der Waals surface area contributed by atoms with Crippen molar-refractivity contribution in [2.45, 2.75) is 13.3 Å². The Morgan fingerprint density at radius 3 is 2.32 bits per heavy atom. The highest BCUT2D eigenvalue weighted by Crippen LogP contribution is 2.20. The lowest BCUT2D eigenvalue weighted by Gasteiger charge is -1.98. The zero-order chi connectivity index (χ0) is 13.7. The Balaban J connectivity index is 2.22.